The maximum atomic E-state index is 12.3. The van der Waals surface area contributed by atoms with Crippen LogP contribution in [-0.2, 0) is 0 Å². The summed E-state index contributed by atoms with van der Waals surface area (Å²) < 4.78 is 0. The van der Waals surface area contributed by atoms with Gasteiger partial charge < -0.3 is 5.32 Å². The number of nitrogens with one attached hydrogen (secondary N) is 2. The Labute approximate surface area is 135 Å². The van der Waals surface area contributed by atoms with Gasteiger partial charge in [0.15, 0.2) is 0 Å². The van der Waals surface area contributed by atoms with Crippen LogP contribution < -0.4 is 10.6 Å². The molecule has 0 spiro atoms. The predicted molar refractivity (Wildman–Crippen MR) is 88.1 cm³/mol. The van der Waals surface area contributed by atoms with E-state index in [2.05, 4.69) is 20.6 Å². The Bertz CT molecular complexity index is 695. The standard InChI is InChI=1S/C18H20N4O/c23-18(21-16-6-3-5-14(20-16)12-7-8-12)22-17(13-9-10-13)15-4-1-2-11-19-15/h1-6,11-13,17H,7-10H2,(H2,20,21,22,23). The van der Waals surface area contributed by atoms with Crippen molar-refractivity contribution in [1.29, 1.82) is 0 Å². The molecule has 2 aliphatic rings. The van der Waals surface area contributed by atoms with Crippen molar-refractivity contribution in [3.05, 3.63) is 54.0 Å². The Morgan fingerprint density at radius 2 is 1.96 bits per heavy atom. The second-order valence-corrected chi connectivity index (χ2v) is 6.39. The second kappa shape index (κ2) is 5.99. The van der Waals surface area contributed by atoms with E-state index in [1.165, 1.54) is 12.8 Å². The Hall–Kier alpha value is -2.43. The number of amides is 2. The van der Waals surface area contributed by atoms with Crippen LogP contribution in [0.4, 0.5) is 10.6 Å². The first-order valence-corrected chi connectivity index (χ1v) is 8.25. The van der Waals surface area contributed by atoms with Gasteiger partial charge in [-0.2, -0.15) is 0 Å². The fraction of sp³-hybridized carbons (Fsp3) is 0.389. The summed E-state index contributed by atoms with van der Waals surface area (Å²) in [6.45, 7) is 0. The van der Waals surface area contributed by atoms with Crippen molar-refractivity contribution in [3.8, 4) is 0 Å². The van der Waals surface area contributed by atoms with Crippen molar-refractivity contribution in [3.63, 3.8) is 0 Å². The molecule has 0 radical (unpaired) electrons. The molecule has 2 aliphatic carbocycles. The molecule has 4 rings (SSSR count). The summed E-state index contributed by atoms with van der Waals surface area (Å²) in [7, 11) is 0. The number of carbonyl (C=O) groups is 1. The molecule has 2 N–H and O–H groups in total. The van der Waals surface area contributed by atoms with Gasteiger partial charge in [-0.1, -0.05) is 12.1 Å². The summed E-state index contributed by atoms with van der Waals surface area (Å²) in [4.78, 5) is 21.3. The monoisotopic (exact) mass is 308 g/mol. The summed E-state index contributed by atoms with van der Waals surface area (Å²) >= 11 is 0. The molecule has 0 saturated heterocycles. The summed E-state index contributed by atoms with van der Waals surface area (Å²) in [6.07, 6.45) is 6.44. The zero-order chi connectivity index (χ0) is 15.6. The summed E-state index contributed by atoms with van der Waals surface area (Å²) in [6, 6.07) is 11.4. The quantitative estimate of drug-likeness (QED) is 0.886. The van der Waals surface area contributed by atoms with Gasteiger partial charge in [-0.05, 0) is 55.9 Å². The topological polar surface area (TPSA) is 66.9 Å². The first-order valence-electron chi connectivity index (χ1n) is 8.25. The molecule has 2 heterocycles. The molecule has 0 bridgehead atoms. The Balaban J connectivity index is 1.43. The summed E-state index contributed by atoms with van der Waals surface area (Å²) in [5.41, 5.74) is 2.00. The van der Waals surface area contributed by atoms with Gasteiger partial charge in [0.25, 0.3) is 0 Å². The summed E-state index contributed by atoms with van der Waals surface area (Å²) in [5, 5.41) is 5.91. The van der Waals surface area contributed by atoms with E-state index < -0.39 is 0 Å². The van der Waals surface area contributed by atoms with Crippen molar-refractivity contribution >= 4 is 11.8 Å². The zero-order valence-corrected chi connectivity index (χ0v) is 12.9. The van der Waals surface area contributed by atoms with Crippen LogP contribution in [-0.4, -0.2) is 16.0 Å². The van der Waals surface area contributed by atoms with Crippen LogP contribution in [0.2, 0.25) is 0 Å². The number of rotatable bonds is 5. The van der Waals surface area contributed by atoms with E-state index in [1.807, 2.05) is 36.4 Å². The zero-order valence-electron chi connectivity index (χ0n) is 12.9. The van der Waals surface area contributed by atoms with Crippen molar-refractivity contribution in [2.24, 2.45) is 5.92 Å². The summed E-state index contributed by atoms with van der Waals surface area (Å²) in [5.74, 6) is 1.68. The highest BCUT2D eigenvalue weighted by Gasteiger charge is 2.34. The van der Waals surface area contributed by atoms with E-state index in [1.54, 1.807) is 6.20 Å². The molecule has 2 aromatic heterocycles. The molecule has 5 nitrogen and oxygen atoms in total. The van der Waals surface area contributed by atoms with Crippen LogP contribution in [0.25, 0.3) is 0 Å². The van der Waals surface area contributed by atoms with E-state index in [0.29, 0.717) is 17.7 Å². The number of nitrogens with zero attached hydrogens (tertiary/aromatic N) is 2. The normalized spacial score (nSPS) is 18.3. The van der Waals surface area contributed by atoms with E-state index in [4.69, 9.17) is 0 Å². The predicted octanol–water partition coefficient (Wildman–Crippen LogP) is 3.63. The molecule has 1 atom stereocenters. The van der Waals surface area contributed by atoms with Crippen LogP contribution in [0.1, 0.15) is 49.0 Å². The number of carbonyl (C=O) groups excluding carboxylic acids is 1. The maximum Gasteiger partial charge on any atom is 0.320 e. The molecule has 2 fully saturated rings. The van der Waals surface area contributed by atoms with Gasteiger partial charge >= 0.3 is 6.03 Å². The van der Waals surface area contributed by atoms with Gasteiger partial charge in [0.2, 0.25) is 0 Å². The van der Waals surface area contributed by atoms with E-state index in [-0.39, 0.29) is 12.1 Å². The molecular formula is C18H20N4O. The third kappa shape index (κ3) is 3.50. The first-order chi connectivity index (χ1) is 11.3. The number of hydrogen-bond donors (Lipinski definition) is 2. The number of pyridine rings is 2. The van der Waals surface area contributed by atoms with Crippen molar-refractivity contribution < 1.29 is 4.79 Å². The van der Waals surface area contributed by atoms with Crippen molar-refractivity contribution in [2.45, 2.75) is 37.6 Å². The molecule has 2 aromatic rings. The highest BCUT2D eigenvalue weighted by atomic mass is 16.2. The van der Waals surface area contributed by atoms with Gasteiger partial charge in [0.1, 0.15) is 5.82 Å². The van der Waals surface area contributed by atoms with Gasteiger partial charge in [-0.15, -0.1) is 0 Å². The lowest BCUT2D eigenvalue weighted by Gasteiger charge is -2.18. The third-order valence-corrected chi connectivity index (χ3v) is 4.39. The Morgan fingerprint density at radius 1 is 1.09 bits per heavy atom. The second-order valence-electron chi connectivity index (χ2n) is 6.39. The fourth-order valence-electron chi connectivity index (χ4n) is 2.84. The molecule has 118 valence electrons. The fourth-order valence-corrected chi connectivity index (χ4v) is 2.84. The average Bonchev–Trinajstić information content (AvgIpc) is 3.47. The van der Waals surface area contributed by atoms with Crippen molar-refractivity contribution in [1.82, 2.24) is 15.3 Å². The van der Waals surface area contributed by atoms with Crippen LogP contribution >= 0.6 is 0 Å². The molecule has 2 saturated carbocycles. The highest BCUT2D eigenvalue weighted by Crippen LogP contribution is 2.40. The molecule has 0 aromatic carbocycles. The smallest absolute Gasteiger partial charge is 0.320 e. The Kier molecular flexibility index (Phi) is 3.69. The highest BCUT2D eigenvalue weighted by molar-refractivity contribution is 5.88. The lowest BCUT2D eigenvalue weighted by atomic mass is 10.1. The molecule has 23 heavy (non-hydrogen) atoms. The number of hydrogen-bond acceptors (Lipinski definition) is 3. The minimum absolute atomic E-state index is 0.0252. The van der Waals surface area contributed by atoms with Crippen LogP contribution in [0.15, 0.2) is 42.6 Å². The minimum atomic E-state index is -0.215. The van der Waals surface area contributed by atoms with Gasteiger partial charge in [0, 0.05) is 17.8 Å². The van der Waals surface area contributed by atoms with Crippen LogP contribution in [0.5, 0.6) is 0 Å². The lowest BCUT2D eigenvalue weighted by Crippen LogP contribution is -2.34. The van der Waals surface area contributed by atoms with Crippen LogP contribution in [0, 0.1) is 5.92 Å². The van der Waals surface area contributed by atoms with E-state index >= 15 is 0 Å². The van der Waals surface area contributed by atoms with Gasteiger partial charge in [-0.3, -0.25) is 10.3 Å². The Morgan fingerprint density at radius 3 is 2.65 bits per heavy atom. The SMILES string of the molecule is O=C(Nc1cccc(C2CC2)n1)NC(c1ccccn1)C1CC1. The molecular weight excluding hydrogens is 288 g/mol. The van der Waals surface area contributed by atoms with Crippen molar-refractivity contribution in [2.75, 3.05) is 5.32 Å². The third-order valence-electron chi connectivity index (χ3n) is 4.39. The number of urea groups is 1. The maximum absolute atomic E-state index is 12.3. The first kappa shape index (κ1) is 14.2. The average molecular weight is 308 g/mol. The number of aromatic nitrogens is 2. The lowest BCUT2D eigenvalue weighted by molar-refractivity contribution is 0.246. The molecule has 0 aliphatic heterocycles. The largest absolute Gasteiger partial charge is 0.329 e. The molecule has 2 amide bonds. The molecule has 1 unspecified atom stereocenters. The van der Waals surface area contributed by atoms with Crippen LogP contribution in [0.3, 0.4) is 0 Å². The number of anilines is 1. The van der Waals surface area contributed by atoms with E-state index in [0.717, 1.165) is 24.2 Å². The minimum Gasteiger partial charge on any atom is -0.329 e. The van der Waals surface area contributed by atoms with Gasteiger partial charge in [-0.25, -0.2) is 9.78 Å². The van der Waals surface area contributed by atoms with Gasteiger partial charge in [0.05, 0.1) is 11.7 Å². The molecule has 5 heteroatoms. The van der Waals surface area contributed by atoms with E-state index in [9.17, 15) is 4.79 Å².